The van der Waals surface area contributed by atoms with Crippen molar-refractivity contribution in [3.05, 3.63) is 59.1 Å². The molecule has 1 unspecified atom stereocenters. The number of rotatable bonds is 2. The second kappa shape index (κ2) is 5.90. The van der Waals surface area contributed by atoms with Crippen molar-refractivity contribution in [2.75, 3.05) is 0 Å². The third kappa shape index (κ3) is 2.96. The lowest BCUT2D eigenvalue weighted by molar-refractivity contribution is 0.0918. The number of carbonyl (C=O) groups excluding carboxylic acids is 1. The zero-order chi connectivity index (χ0) is 18.5. The monoisotopic (exact) mass is 353 g/mol. The van der Waals surface area contributed by atoms with Gasteiger partial charge in [0, 0.05) is 30.4 Å². The number of furan rings is 1. The maximum atomic E-state index is 13.9. The van der Waals surface area contributed by atoms with Crippen molar-refractivity contribution >= 4 is 16.9 Å². The summed E-state index contributed by atoms with van der Waals surface area (Å²) >= 11 is 0. The molecule has 1 amide bonds. The lowest BCUT2D eigenvalue weighted by Gasteiger charge is -2.34. The molecule has 0 saturated carbocycles. The largest absolute Gasteiger partial charge is 0.466 e. The fraction of sp³-hybridized carbons (Fsp3) is 0.350. The Hall–Kier alpha value is -2.76. The summed E-state index contributed by atoms with van der Waals surface area (Å²) in [6, 6.07) is 4.27. The van der Waals surface area contributed by atoms with Gasteiger partial charge < -0.3 is 9.73 Å². The van der Waals surface area contributed by atoms with Crippen molar-refractivity contribution in [2.45, 2.75) is 39.7 Å². The molecule has 0 bridgehead atoms. The smallest absolute Gasteiger partial charge is 0.254 e. The predicted octanol–water partition coefficient (Wildman–Crippen LogP) is 4.11. The van der Waals surface area contributed by atoms with E-state index in [2.05, 4.69) is 29.1 Å². The van der Waals surface area contributed by atoms with E-state index in [9.17, 15) is 9.18 Å². The summed E-state index contributed by atoms with van der Waals surface area (Å²) in [5.74, 6) is 0.872. The normalized spacial score (nSPS) is 18.5. The van der Waals surface area contributed by atoms with Gasteiger partial charge in [0.25, 0.3) is 5.91 Å². The summed E-state index contributed by atoms with van der Waals surface area (Å²) in [5.41, 5.74) is 1.95. The van der Waals surface area contributed by atoms with Gasteiger partial charge in [-0.3, -0.25) is 14.8 Å². The first-order valence-corrected chi connectivity index (χ1v) is 8.63. The highest BCUT2D eigenvalue weighted by atomic mass is 19.1. The van der Waals surface area contributed by atoms with E-state index in [1.807, 2.05) is 13.0 Å². The van der Waals surface area contributed by atoms with Gasteiger partial charge in [0.2, 0.25) is 0 Å². The average Bonchev–Trinajstić information content (AvgIpc) is 2.93. The SMILES string of the molecule is Cc1cc2c(o1)CC(C)(C)CC2NC(=O)c1cc(F)cc2nccnc12. The molecule has 5 nitrogen and oxygen atoms in total. The Morgan fingerprint density at radius 1 is 1.27 bits per heavy atom. The molecule has 3 aromatic rings. The van der Waals surface area contributed by atoms with Crippen LogP contribution in [0.1, 0.15) is 53.8 Å². The fourth-order valence-corrected chi connectivity index (χ4v) is 3.76. The van der Waals surface area contributed by atoms with Crippen molar-refractivity contribution in [3.8, 4) is 0 Å². The Bertz CT molecular complexity index is 1010. The molecule has 0 aliphatic heterocycles. The molecule has 1 aliphatic carbocycles. The molecule has 26 heavy (non-hydrogen) atoms. The highest BCUT2D eigenvalue weighted by molar-refractivity contribution is 6.04. The van der Waals surface area contributed by atoms with E-state index in [-0.39, 0.29) is 22.9 Å². The minimum atomic E-state index is -0.507. The van der Waals surface area contributed by atoms with Gasteiger partial charge in [0.15, 0.2) is 0 Å². The number of benzene rings is 1. The molecule has 1 aromatic carbocycles. The van der Waals surface area contributed by atoms with E-state index in [1.165, 1.54) is 24.5 Å². The number of aromatic nitrogens is 2. The summed E-state index contributed by atoms with van der Waals surface area (Å²) in [5, 5.41) is 3.05. The Balaban J connectivity index is 1.71. The first-order valence-electron chi connectivity index (χ1n) is 8.63. The second-order valence-electron chi connectivity index (χ2n) is 7.68. The van der Waals surface area contributed by atoms with Crippen LogP contribution in [0.3, 0.4) is 0 Å². The molecule has 0 radical (unpaired) electrons. The summed E-state index contributed by atoms with van der Waals surface area (Å²) in [4.78, 5) is 21.2. The molecule has 1 atom stereocenters. The third-order valence-electron chi connectivity index (χ3n) is 4.82. The van der Waals surface area contributed by atoms with Crippen molar-refractivity contribution < 1.29 is 13.6 Å². The van der Waals surface area contributed by atoms with E-state index < -0.39 is 5.82 Å². The highest BCUT2D eigenvalue weighted by Gasteiger charge is 2.36. The van der Waals surface area contributed by atoms with Gasteiger partial charge in [-0.05, 0) is 30.9 Å². The summed E-state index contributed by atoms with van der Waals surface area (Å²) in [7, 11) is 0. The molecule has 0 fully saturated rings. The Morgan fingerprint density at radius 2 is 2.04 bits per heavy atom. The van der Waals surface area contributed by atoms with Crippen LogP contribution >= 0.6 is 0 Å². The number of carbonyl (C=O) groups is 1. The predicted molar refractivity (Wildman–Crippen MR) is 95.3 cm³/mol. The van der Waals surface area contributed by atoms with E-state index in [0.717, 1.165) is 29.9 Å². The molecule has 134 valence electrons. The molecule has 4 rings (SSSR count). The Labute approximate surface area is 150 Å². The first-order chi connectivity index (χ1) is 12.3. The van der Waals surface area contributed by atoms with Gasteiger partial charge in [0.1, 0.15) is 22.9 Å². The van der Waals surface area contributed by atoms with Crippen LogP contribution in [-0.2, 0) is 6.42 Å². The second-order valence-corrected chi connectivity index (χ2v) is 7.68. The molecule has 2 aromatic heterocycles. The maximum absolute atomic E-state index is 13.9. The number of nitrogens with zero attached hydrogens (tertiary/aromatic N) is 2. The van der Waals surface area contributed by atoms with Crippen LogP contribution < -0.4 is 5.32 Å². The molecular formula is C20H20FN3O2. The van der Waals surface area contributed by atoms with Gasteiger partial charge in [0.05, 0.1) is 17.1 Å². The molecule has 1 aliphatic rings. The topological polar surface area (TPSA) is 68.0 Å². The molecule has 0 saturated heterocycles. The van der Waals surface area contributed by atoms with Gasteiger partial charge in [-0.25, -0.2) is 4.39 Å². The molecule has 0 spiro atoms. The Kier molecular flexibility index (Phi) is 3.79. The average molecular weight is 353 g/mol. The van der Waals surface area contributed by atoms with Crippen molar-refractivity contribution in [3.63, 3.8) is 0 Å². The molecule has 1 N–H and O–H groups in total. The number of nitrogens with one attached hydrogen (secondary N) is 1. The number of hydrogen-bond donors (Lipinski definition) is 1. The van der Waals surface area contributed by atoms with Crippen molar-refractivity contribution in [2.24, 2.45) is 5.41 Å². The van der Waals surface area contributed by atoms with Gasteiger partial charge in [-0.1, -0.05) is 13.8 Å². The van der Waals surface area contributed by atoms with E-state index in [0.29, 0.717) is 11.0 Å². The standard InChI is InChI=1S/C20H20FN3O2/c1-11-6-13-16(9-20(2,3)10-17(13)26-11)24-19(25)14-7-12(21)8-15-18(14)23-5-4-22-15/h4-8,16H,9-10H2,1-3H3,(H,24,25). The number of amides is 1. The van der Waals surface area contributed by atoms with Crippen molar-refractivity contribution in [1.82, 2.24) is 15.3 Å². The summed E-state index contributed by atoms with van der Waals surface area (Å²) in [6.07, 6.45) is 4.59. The highest BCUT2D eigenvalue weighted by Crippen LogP contribution is 2.42. The maximum Gasteiger partial charge on any atom is 0.254 e. The van der Waals surface area contributed by atoms with Gasteiger partial charge in [-0.15, -0.1) is 0 Å². The van der Waals surface area contributed by atoms with E-state index >= 15 is 0 Å². The Morgan fingerprint density at radius 3 is 2.85 bits per heavy atom. The minimum absolute atomic E-state index is 0.000941. The van der Waals surface area contributed by atoms with E-state index in [4.69, 9.17) is 4.42 Å². The number of hydrogen-bond acceptors (Lipinski definition) is 4. The molecular weight excluding hydrogens is 333 g/mol. The molecule has 6 heteroatoms. The van der Waals surface area contributed by atoms with Crippen LogP contribution in [0.5, 0.6) is 0 Å². The van der Waals surface area contributed by atoms with E-state index in [1.54, 1.807) is 0 Å². The quantitative estimate of drug-likeness (QED) is 0.753. The lowest BCUT2D eigenvalue weighted by atomic mass is 9.74. The third-order valence-corrected chi connectivity index (χ3v) is 4.82. The lowest BCUT2D eigenvalue weighted by Crippen LogP contribution is -2.36. The zero-order valence-electron chi connectivity index (χ0n) is 15.0. The fourth-order valence-electron chi connectivity index (χ4n) is 3.76. The number of halogens is 1. The van der Waals surface area contributed by atoms with Crippen molar-refractivity contribution in [1.29, 1.82) is 0 Å². The first kappa shape index (κ1) is 16.7. The van der Waals surface area contributed by atoms with Crippen LogP contribution in [0, 0.1) is 18.2 Å². The number of fused-ring (bicyclic) bond motifs is 2. The minimum Gasteiger partial charge on any atom is -0.466 e. The van der Waals surface area contributed by atoms with Crippen LogP contribution in [0.4, 0.5) is 4.39 Å². The summed E-state index contributed by atoms with van der Waals surface area (Å²) < 4.78 is 19.8. The summed E-state index contributed by atoms with van der Waals surface area (Å²) in [6.45, 7) is 6.20. The van der Waals surface area contributed by atoms with Gasteiger partial charge >= 0.3 is 0 Å². The molecule has 2 heterocycles. The zero-order valence-corrected chi connectivity index (χ0v) is 15.0. The van der Waals surface area contributed by atoms with Gasteiger partial charge in [-0.2, -0.15) is 0 Å². The van der Waals surface area contributed by atoms with Crippen LogP contribution in [0.25, 0.3) is 11.0 Å². The van der Waals surface area contributed by atoms with Crippen LogP contribution in [0.2, 0.25) is 0 Å². The number of aryl methyl sites for hydroxylation is 1. The van der Waals surface area contributed by atoms with Crippen LogP contribution in [0.15, 0.2) is 35.0 Å². The van der Waals surface area contributed by atoms with Crippen LogP contribution in [-0.4, -0.2) is 15.9 Å².